The third kappa shape index (κ3) is 10.4. The summed E-state index contributed by atoms with van der Waals surface area (Å²) < 4.78 is 47.6. The number of hydrogen-bond donors (Lipinski definition) is 10. The molecule has 6 fully saturated rings. The molecule has 0 aromatic heterocycles. The largest absolute Gasteiger partial charge is 0.460 e. The summed E-state index contributed by atoms with van der Waals surface area (Å²) in [6.07, 6.45) is -15.7. The van der Waals surface area contributed by atoms with Gasteiger partial charge in [-0.2, -0.15) is 0 Å². The molecule has 0 aromatic carbocycles. The lowest BCUT2D eigenvalue weighted by molar-refractivity contribution is -0.345. The second-order valence-corrected chi connectivity index (χ2v) is 16.6. The molecule has 0 bridgehead atoms. The summed E-state index contributed by atoms with van der Waals surface area (Å²) in [5.41, 5.74) is 0. The predicted octanol–water partition coefficient (Wildman–Crippen LogP) is -3.26. The lowest BCUT2D eigenvalue weighted by atomic mass is 9.72. The third-order valence-corrected chi connectivity index (χ3v) is 12.8. The van der Waals surface area contributed by atoms with E-state index >= 15 is 0 Å². The fraction of sp³-hybridized carbons (Fsp3) is 0.921. The minimum Gasteiger partial charge on any atom is -0.460 e. The van der Waals surface area contributed by atoms with Crippen LogP contribution >= 0.6 is 0 Å². The number of aliphatic hydroxyl groups excluding tert-OH is 10. The van der Waals surface area contributed by atoms with Crippen LogP contribution in [0.1, 0.15) is 57.8 Å². The normalized spacial score (nSPS) is 49.7. The number of aliphatic hydroxyl groups is 10. The Morgan fingerprint density at radius 1 is 0.614 bits per heavy atom. The van der Waals surface area contributed by atoms with Crippen molar-refractivity contribution in [2.24, 2.45) is 17.8 Å². The highest BCUT2D eigenvalue weighted by atomic mass is 16.7. The minimum atomic E-state index is -1.76. The molecule has 0 aromatic rings. The van der Waals surface area contributed by atoms with Gasteiger partial charge in [-0.15, -0.1) is 0 Å². The molecule has 3 saturated carbocycles. The number of carbonyl (C=O) groups excluding carboxylic acids is 1. The molecule has 18 atom stereocenters. The molecule has 57 heavy (non-hydrogen) atoms. The number of esters is 1. The molecule has 328 valence electrons. The number of hydrogen-bond acceptors (Lipinski definition) is 19. The number of allylic oxidation sites excluding steroid dienone is 1. The quantitative estimate of drug-likeness (QED) is 0.0683. The topological polar surface area (TPSA) is 293 Å². The van der Waals surface area contributed by atoms with Gasteiger partial charge in [-0.1, -0.05) is 6.08 Å². The van der Waals surface area contributed by atoms with Crippen molar-refractivity contribution in [2.75, 3.05) is 27.4 Å². The van der Waals surface area contributed by atoms with Gasteiger partial charge in [0.15, 0.2) is 12.6 Å². The van der Waals surface area contributed by atoms with Crippen LogP contribution in [-0.4, -0.2) is 201 Å². The van der Waals surface area contributed by atoms with Gasteiger partial charge in [0, 0.05) is 32.6 Å². The van der Waals surface area contributed by atoms with Gasteiger partial charge in [0.2, 0.25) is 0 Å². The van der Waals surface area contributed by atoms with Crippen molar-refractivity contribution in [2.45, 2.75) is 174 Å². The predicted molar refractivity (Wildman–Crippen MR) is 191 cm³/mol. The standard InChI is InChI=1S/C38H62O19/c1-50-23-9-17(10-24(51-2)29(23)43)36-25(13-20-21(53-36)11-19(41)12-22(20)54-37-34(48)32(46)30(44)26(14-39)56-37)55-38-35(49)33(47)31(45)27(57-38)15-52-28(42)8-5-16-3-6-18(40)7-4-16/h5,8,16-27,29-41,43-49H,3-4,6-7,9-15H2,1-2H3/t16?,17?,18?,19?,20?,21?,22?,23?,24?,25?,26-,27-,29?,30-,31-,32+,33+,34-,35-,36?,37-,38-/m1/s1. The first-order valence-electron chi connectivity index (χ1n) is 20.1. The number of fused-ring (bicyclic) bond motifs is 1. The van der Waals surface area contributed by atoms with Crippen LogP contribution in [0.4, 0.5) is 0 Å². The summed E-state index contributed by atoms with van der Waals surface area (Å²) in [7, 11) is 2.94. The number of carbonyl (C=O) groups is 1. The Morgan fingerprint density at radius 3 is 1.79 bits per heavy atom. The van der Waals surface area contributed by atoms with E-state index in [9.17, 15) is 55.9 Å². The first kappa shape index (κ1) is 45.1. The Hall–Kier alpha value is -1.47. The van der Waals surface area contributed by atoms with Crippen molar-refractivity contribution in [3.63, 3.8) is 0 Å². The Bertz CT molecular complexity index is 1280. The summed E-state index contributed by atoms with van der Waals surface area (Å²) in [6, 6.07) is 0. The maximum atomic E-state index is 12.6. The lowest BCUT2D eigenvalue weighted by Gasteiger charge is -2.53. The van der Waals surface area contributed by atoms with E-state index in [1.807, 2.05) is 0 Å². The maximum Gasteiger partial charge on any atom is 0.330 e. The Morgan fingerprint density at radius 2 is 1.19 bits per heavy atom. The maximum absolute atomic E-state index is 12.6. The molecule has 6 aliphatic rings. The average molecular weight is 823 g/mol. The van der Waals surface area contributed by atoms with E-state index in [-0.39, 0.29) is 37.2 Å². The number of ether oxygens (including phenoxy) is 8. The second-order valence-electron chi connectivity index (χ2n) is 16.6. The number of rotatable bonds is 12. The van der Waals surface area contributed by atoms with Gasteiger partial charge >= 0.3 is 5.97 Å². The van der Waals surface area contributed by atoms with Crippen LogP contribution in [0.3, 0.4) is 0 Å². The highest BCUT2D eigenvalue weighted by Gasteiger charge is 2.55. The molecule has 19 heteroatoms. The zero-order valence-electron chi connectivity index (χ0n) is 32.3. The molecule has 6 rings (SSSR count). The lowest BCUT2D eigenvalue weighted by Crippen LogP contribution is -2.63. The summed E-state index contributed by atoms with van der Waals surface area (Å²) >= 11 is 0. The van der Waals surface area contributed by atoms with Crippen molar-refractivity contribution in [3.05, 3.63) is 12.2 Å². The van der Waals surface area contributed by atoms with Crippen molar-refractivity contribution >= 4 is 5.97 Å². The summed E-state index contributed by atoms with van der Waals surface area (Å²) in [5, 5.41) is 106. The zero-order chi connectivity index (χ0) is 41.1. The summed E-state index contributed by atoms with van der Waals surface area (Å²) in [6.45, 7) is -1.15. The minimum absolute atomic E-state index is 0.0576. The van der Waals surface area contributed by atoms with Crippen molar-refractivity contribution in [1.29, 1.82) is 0 Å². The fourth-order valence-electron chi connectivity index (χ4n) is 9.44. The summed E-state index contributed by atoms with van der Waals surface area (Å²) in [5.74, 6) is -1.52. The molecule has 3 aliphatic carbocycles. The molecule has 0 spiro atoms. The van der Waals surface area contributed by atoms with Gasteiger partial charge in [-0.25, -0.2) is 4.79 Å². The molecule has 0 radical (unpaired) electrons. The molecule has 3 aliphatic heterocycles. The van der Waals surface area contributed by atoms with E-state index in [1.54, 1.807) is 6.08 Å². The van der Waals surface area contributed by atoms with E-state index in [1.165, 1.54) is 20.3 Å². The Balaban J connectivity index is 1.20. The smallest absolute Gasteiger partial charge is 0.330 e. The Kier molecular flexibility index (Phi) is 15.8. The van der Waals surface area contributed by atoms with E-state index < -0.39 is 135 Å². The molecular formula is C38H62O19. The summed E-state index contributed by atoms with van der Waals surface area (Å²) in [4.78, 5) is 12.6. The van der Waals surface area contributed by atoms with Crippen molar-refractivity contribution < 1.29 is 93.8 Å². The number of methoxy groups -OCH3 is 2. The van der Waals surface area contributed by atoms with Gasteiger partial charge in [-0.05, 0) is 63.2 Å². The van der Waals surface area contributed by atoms with Crippen LogP contribution in [0.25, 0.3) is 0 Å². The SMILES string of the molecule is COC1CC(C2OC3CC(O)CC(O[C@@H]4O[C@H](CO)[C@@H](O)[C@H](O)[C@H]4O)C3CC2O[C@@H]2O[C@H](COC(=O)C=CC3CCC(O)CC3)[C@@H](O)[C@H](O)[C@H]2O)CC(OC)C1O. The Labute approximate surface area is 331 Å². The first-order valence-corrected chi connectivity index (χ1v) is 20.1. The highest BCUT2D eigenvalue weighted by Crippen LogP contribution is 2.45. The van der Waals surface area contributed by atoms with E-state index in [0.717, 1.165) is 12.8 Å². The molecule has 19 nitrogen and oxygen atoms in total. The van der Waals surface area contributed by atoms with Crippen LogP contribution in [-0.2, 0) is 42.7 Å². The molecule has 10 N–H and O–H groups in total. The van der Waals surface area contributed by atoms with Crippen LogP contribution in [0.2, 0.25) is 0 Å². The van der Waals surface area contributed by atoms with Gasteiger partial charge < -0.3 is 89.0 Å². The molecule has 8 unspecified atom stereocenters. The van der Waals surface area contributed by atoms with E-state index in [0.29, 0.717) is 25.7 Å². The van der Waals surface area contributed by atoms with Crippen LogP contribution in [0.15, 0.2) is 12.2 Å². The second kappa shape index (κ2) is 19.9. The monoisotopic (exact) mass is 822 g/mol. The van der Waals surface area contributed by atoms with Gasteiger partial charge in [-0.3, -0.25) is 0 Å². The first-order chi connectivity index (χ1) is 27.2. The van der Waals surface area contributed by atoms with Crippen molar-refractivity contribution in [1.82, 2.24) is 0 Å². The highest BCUT2D eigenvalue weighted by molar-refractivity contribution is 5.81. The molecule has 3 heterocycles. The molecule has 0 amide bonds. The van der Waals surface area contributed by atoms with Crippen LogP contribution in [0, 0.1) is 17.8 Å². The van der Waals surface area contributed by atoms with E-state index in [2.05, 4.69) is 0 Å². The van der Waals surface area contributed by atoms with Gasteiger partial charge in [0.05, 0.1) is 55.4 Å². The van der Waals surface area contributed by atoms with E-state index in [4.69, 9.17) is 37.9 Å². The van der Waals surface area contributed by atoms with Crippen LogP contribution in [0.5, 0.6) is 0 Å². The average Bonchev–Trinajstić information content (AvgIpc) is 3.20. The van der Waals surface area contributed by atoms with Crippen molar-refractivity contribution in [3.8, 4) is 0 Å². The fourth-order valence-corrected chi connectivity index (χ4v) is 9.44. The third-order valence-electron chi connectivity index (χ3n) is 12.8. The zero-order valence-corrected chi connectivity index (χ0v) is 32.3. The van der Waals surface area contributed by atoms with Gasteiger partial charge in [0.25, 0.3) is 0 Å². The van der Waals surface area contributed by atoms with Crippen LogP contribution < -0.4 is 0 Å². The molecule has 3 saturated heterocycles. The van der Waals surface area contributed by atoms with Gasteiger partial charge in [0.1, 0.15) is 61.5 Å². The molecular weight excluding hydrogens is 760 g/mol.